The van der Waals surface area contributed by atoms with Crippen LogP contribution in [0.25, 0.3) is 0 Å². The van der Waals surface area contributed by atoms with Gasteiger partial charge in [-0.1, -0.05) is 0 Å². The molecule has 1 fully saturated rings. The van der Waals surface area contributed by atoms with E-state index in [1.165, 1.54) is 10.7 Å². The van der Waals surface area contributed by atoms with Crippen LogP contribution in [0.2, 0.25) is 0 Å². The quantitative estimate of drug-likeness (QED) is 0.812. The van der Waals surface area contributed by atoms with Gasteiger partial charge in [0.1, 0.15) is 6.54 Å². The average molecular weight is 292 g/mol. The van der Waals surface area contributed by atoms with Gasteiger partial charge in [0.15, 0.2) is 0 Å². The molecule has 0 spiro atoms. The highest BCUT2D eigenvalue weighted by atomic mass is 16.5. The van der Waals surface area contributed by atoms with Crippen LogP contribution in [0.3, 0.4) is 0 Å². The molecule has 0 aromatic carbocycles. The highest BCUT2D eigenvalue weighted by molar-refractivity contribution is 5.76. The molecule has 2 N–H and O–H groups in total. The number of fused-ring (bicyclic) bond motifs is 1. The van der Waals surface area contributed by atoms with Gasteiger partial charge in [-0.2, -0.15) is 5.10 Å². The minimum absolute atomic E-state index is 0.0243. The number of aryl methyl sites for hydroxylation is 1. The van der Waals surface area contributed by atoms with E-state index in [1.54, 1.807) is 0 Å². The normalized spacial score (nSPS) is 18.7. The van der Waals surface area contributed by atoms with E-state index in [9.17, 15) is 9.59 Å². The number of anilines is 1. The number of carbonyl (C=O) groups is 1. The van der Waals surface area contributed by atoms with Gasteiger partial charge in [-0.25, -0.2) is 4.68 Å². The van der Waals surface area contributed by atoms with Crippen LogP contribution in [0.4, 0.5) is 5.69 Å². The second-order valence-electron chi connectivity index (χ2n) is 5.49. The van der Waals surface area contributed by atoms with Gasteiger partial charge in [0, 0.05) is 31.9 Å². The Bertz CT molecular complexity index is 578. The summed E-state index contributed by atoms with van der Waals surface area (Å²) in [6.07, 6.45) is 3.47. The van der Waals surface area contributed by atoms with Crippen LogP contribution >= 0.6 is 0 Å². The van der Waals surface area contributed by atoms with Crippen molar-refractivity contribution in [3.8, 4) is 0 Å². The number of hydrogen-bond acceptors (Lipinski definition) is 5. The smallest absolute Gasteiger partial charge is 0.269 e. The third-order valence-electron chi connectivity index (χ3n) is 3.86. The summed E-state index contributed by atoms with van der Waals surface area (Å²) >= 11 is 0. The molecule has 0 saturated carbocycles. The van der Waals surface area contributed by atoms with Gasteiger partial charge in [0.25, 0.3) is 5.56 Å². The van der Waals surface area contributed by atoms with Crippen molar-refractivity contribution in [2.75, 3.05) is 25.1 Å². The summed E-state index contributed by atoms with van der Waals surface area (Å²) in [5.74, 6) is -0.166. The summed E-state index contributed by atoms with van der Waals surface area (Å²) in [5.41, 5.74) is 1.41. The average Bonchev–Trinajstić information content (AvgIpc) is 2.49. The first-order chi connectivity index (χ1) is 10.2. The first kappa shape index (κ1) is 14.1. The van der Waals surface area contributed by atoms with Gasteiger partial charge in [-0.15, -0.1) is 0 Å². The van der Waals surface area contributed by atoms with E-state index >= 15 is 0 Å². The molecule has 7 nitrogen and oxygen atoms in total. The number of nitrogens with one attached hydrogen (secondary N) is 2. The van der Waals surface area contributed by atoms with Crippen LogP contribution < -0.4 is 16.2 Å². The lowest BCUT2D eigenvalue weighted by Gasteiger charge is -2.23. The Morgan fingerprint density at radius 3 is 3.10 bits per heavy atom. The van der Waals surface area contributed by atoms with Crippen molar-refractivity contribution < 1.29 is 9.53 Å². The van der Waals surface area contributed by atoms with Crippen molar-refractivity contribution in [1.29, 1.82) is 0 Å². The van der Waals surface area contributed by atoms with Gasteiger partial charge in [-0.3, -0.25) is 9.59 Å². The zero-order chi connectivity index (χ0) is 14.7. The zero-order valence-electron chi connectivity index (χ0n) is 11.9. The SMILES string of the molecule is O=C(Cn1nc2c(cc1=O)NCCC2)NC1CCOCC1. The molecule has 2 aliphatic rings. The number of hydrogen-bond donors (Lipinski definition) is 2. The van der Waals surface area contributed by atoms with E-state index in [0.29, 0.717) is 13.2 Å². The summed E-state index contributed by atoms with van der Waals surface area (Å²) in [5, 5.41) is 10.4. The maximum atomic E-state index is 12.0. The topological polar surface area (TPSA) is 85.2 Å². The third kappa shape index (κ3) is 3.41. The van der Waals surface area contributed by atoms with Crippen LogP contribution in [0, 0.1) is 0 Å². The Kier molecular flexibility index (Phi) is 4.19. The van der Waals surface area contributed by atoms with E-state index in [0.717, 1.165) is 43.6 Å². The van der Waals surface area contributed by atoms with Gasteiger partial charge >= 0.3 is 0 Å². The van der Waals surface area contributed by atoms with Crippen molar-refractivity contribution in [2.45, 2.75) is 38.3 Å². The molecule has 0 atom stereocenters. The second kappa shape index (κ2) is 6.26. The third-order valence-corrected chi connectivity index (χ3v) is 3.86. The molecule has 0 aliphatic carbocycles. The molecule has 114 valence electrons. The number of aromatic nitrogens is 2. The molecule has 21 heavy (non-hydrogen) atoms. The number of nitrogens with zero attached hydrogens (tertiary/aromatic N) is 2. The van der Waals surface area contributed by atoms with Crippen molar-refractivity contribution in [2.24, 2.45) is 0 Å². The molecule has 1 amide bonds. The summed E-state index contributed by atoms with van der Waals surface area (Å²) in [4.78, 5) is 24.0. The lowest BCUT2D eigenvalue weighted by atomic mass is 10.1. The molecule has 1 aromatic rings. The highest BCUT2D eigenvalue weighted by Crippen LogP contribution is 2.16. The number of carbonyl (C=O) groups excluding carboxylic acids is 1. The molecule has 7 heteroatoms. The maximum Gasteiger partial charge on any atom is 0.269 e. The maximum absolute atomic E-state index is 12.0. The molecule has 1 aromatic heterocycles. The van der Waals surface area contributed by atoms with Gasteiger partial charge in [-0.05, 0) is 25.7 Å². The summed E-state index contributed by atoms with van der Waals surface area (Å²) in [6, 6.07) is 1.67. The molecule has 0 bridgehead atoms. The molecule has 0 radical (unpaired) electrons. The predicted molar refractivity (Wildman–Crippen MR) is 77.3 cm³/mol. The van der Waals surface area contributed by atoms with Gasteiger partial charge < -0.3 is 15.4 Å². The van der Waals surface area contributed by atoms with Crippen molar-refractivity contribution in [1.82, 2.24) is 15.1 Å². The molecule has 1 saturated heterocycles. The Balaban J connectivity index is 1.66. The minimum Gasteiger partial charge on any atom is -0.383 e. The minimum atomic E-state index is -0.245. The predicted octanol–water partition coefficient (Wildman–Crippen LogP) is -0.103. The summed E-state index contributed by atoms with van der Waals surface area (Å²) < 4.78 is 6.51. The number of amides is 1. The van der Waals surface area contributed by atoms with E-state index < -0.39 is 0 Å². The zero-order valence-corrected chi connectivity index (χ0v) is 11.9. The number of rotatable bonds is 3. The van der Waals surface area contributed by atoms with Gasteiger partial charge in [0.05, 0.1) is 11.4 Å². The van der Waals surface area contributed by atoms with E-state index in [4.69, 9.17) is 4.74 Å². The van der Waals surface area contributed by atoms with Crippen molar-refractivity contribution >= 4 is 11.6 Å². The number of ether oxygens (including phenoxy) is 1. The van der Waals surface area contributed by atoms with Crippen LogP contribution in [-0.2, 0) is 22.5 Å². The fourth-order valence-corrected chi connectivity index (χ4v) is 2.71. The lowest BCUT2D eigenvalue weighted by Crippen LogP contribution is -2.42. The second-order valence-corrected chi connectivity index (χ2v) is 5.49. The molecule has 2 aliphatic heterocycles. The molecular formula is C14H20N4O3. The monoisotopic (exact) mass is 292 g/mol. The summed E-state index contributed by atoms with van der Waals surface area (Å²) in [6.45, 7) is 2.19. The van der Waals surface area contributed by atoms with E-state index in [-0.39, 0.29) is 24.1 Å². The Morgan fingerprint density at radius 2 is 2.29 bits per heavy atom. The summed E-state index contributed by atoms with van der Waals surface area (Å²) in [7, 11) is 0. The molecule has 0 unspecified atom stereocenters. The van der Waals surface area contributed by atoms with Crippen LogP contribution in [-0.4, -0.2) is 41.5 Å². The van der Waals surface area contributed by atoms with Crippen LogP contribution in [0.1, 0.15) is 25.0 Å². The van der Waals surface area contributed by atoms with E-state index in [2.05, 4.69) is 15.7 Å². The van der Waals surface area contributed by atoms with Crippen molar-refractivity contribution in [3.05, 3.63) is 22.1 Å². The van der Waals surface area contributed by atoms with Crippen LogP contribution in [0.5, 0.6) is 0 Å². The molecule has 3 heterocycles. The Labute approximate surface area is 122 Å². The lowest BCUT2D eigenvalue weighted by molar-refractivity contribution is -0.123. The van der Waals surface area contributed by atoms with Crippen LogP contribution in [0.15, 0.2) is 10.9 Å². The standard InChI is InChI=1S/C14H20N4O3/c19-13(16-10-3-6-21-7-4-10)9-18-14(20)8-12-11(17-18)2-1-5-15-12/h8,10,15H,1-7,9H2,(H,16,19). The van der Waals surface area contributed by atoms with Crippen molar-refractivity contribution in [3.63, 3.8) is 0 Å². The highest BCUT2D eigenvalue weighted by Gasteiger charge is 2.18. The largest absolute Gasteiger partial charge is 0.383 e. The van der Waals surface area contributed by atoms with Gasteiger partial charge in [0.2, 0.25) is 5.91 Å². The fourth-order valence-electron chi connectivity index (χ4n) is 2.71. The Morgan fingerprint density at radius 1 is 1.48 bits per heavy atom. The molecular weight excluding hydrogens is 272 g/mol. The fraction of sp³-hybridized carbons (Fsp3) is 0.643. The Hall–Kier alpha value is -1.89. The van der Waals surface area contributed by atoms with E-state index in [1.807, 2.05) is 0 Å². The molecule has 3 rings (SSSR count). The first-order valence-corrected chi connectivity index (χ1v) is 7.44. The first-order valence-electron chi connectivity index (χ1n) is 7.44.